The number of ether oxygens (including phenoxy) is 1. The Morgan fingerprint density at radius 1 is 0.837 bits per heavy atom. The molecule has 6 N–H and O–H groups in total. The number of hydrogen-bond acceptors (Lipinski definition) is 8. The fraction of sp³-hybridized carbons (Fsp3) is 0.763. The number of hydrogen-bond donors (Lipinski definition) is 4. The number of amides is 1. The molecule has 4 fully saturated rings. The number of nitrogens with two attached hydrogens (primary N) is 2. The van der Waals surface area contributed by atoms with E-state index in [0.717, 1.165) is 75.2 Å². The fourth-order valence-electron chi connectivity index (χ4n) is 7.60. The molecule has 1 amide bonds. The number of fused-ring (bicyclic) bond motifs is 1. The molecule has 0 saturated carbocycles. The first-order valence-corrected chi connectivity index (χ1v) is 19.3. The molecular formula is C38H65FN8O2. The topological polar surface area (TPSA) is 119 Å². The van der Waals surface area contributed by atoms with Gasteiger partial charge in [0.2, 0.25) is 0 Å². The molecule has 10 nitrogen and oxygen atoms in total. The number of piperidine rings is 3. The van der Waals surface area contributed by atoms with E-state index in [4.69, 9.17) is 16.2 Å². The lowest BCUT2D eigenvalue weighted by molar-refractivity contribution is 0.0891. The van der Waals surface area contributed by atoms with Crippen molar-refractivity contribution >= 4 is 16.8 Å². The molecule has 1 aromatic carbocycles. The fourth-order valence-corrected chi connectivity index (χ4v) is 7.60. The van der Waals surface area contributed by atoms with Crippen molar-refractivity contribution in [1.29, 1.82) is 0 Å². The van der Waals surface area contributed by atoms with E-state index in [1.807, 2.05) is 24.3 Å². The van der Waals surface area contributed by atoms with E-state index in [1.54, 1.807) is 0 Å². The number of carbonyl (C=O) groups is 1. The summed E-state index contributed by atoms with van der Waals surface area (Å²) in [5.41, 5.74) is 13.5. The third kappa shape index (κ3) is 12.5. The van der Waals surface area contributed by atoms with Gasteiger partial charge in [-0.1, -0.05) is 26.3 Å². The van der Waals surface area contributed by atoms with Crippen LogP contribution in [0.5, 0.6) is 5.75 Å². The Labute approximate surface area is 294 Å². The van der Waals surface area contributed by atoms with Crippen LogP contribution in [0.1, 0.15) is 82.1 Å². The minimum Gasteiger partial charge on any atom is -0.493 e. The number of H-pyrrole nitrogens is 1. The SMILES string of the molecule is CC(C)COc1cccc2[nH]c(C(=O)NC3CCN(CCN4CCCC(F)C4)CC3)cc12.NC1CCN(CCN2CCCCC(N)C2)CC1. The van der Waals surface area contributed by atoms with Crippen LogP contribution in [0, 0.1) is 5.92 Å². The molecule has 0 radical (unpaired) electrons. The number of nitrogens with zero attached hydrogens (tertiary/aromatic N) is 4. The maximum absolute atomic E-state index is 13.6. The maximum atomic E-state index is 13.6. The van der Waals surface area contributed by atoms with E-state index in [1.165, 1.54) is 64.8 Å². The number of rotatable bonds is 11. The molecule has 2 atom stereocenters. The molecule has 11 heteroatoms. The first-order chi connectivity index (χ1) is 23.7. The van der Waals surface area contributed by atoms with E-state index in [0.29, 0.717) is 43.3 Å². The zero-order chi connectivity index (χ0) is 34.6. The molecule has 5 heterocycles. The third-order valence-electron chi connectivity index (χ3n) is 10.7. The van der Waals surface area contributed by atoms with Crippen molar-refractivity contribution in [1.82, 2.24) is 29.9 Å². The summed E-state index contributed by atoms with van der Waals surface area (Å²) in [6, 6.07) is 8.79. The molecule has 6 rings (SSSR count). The third-order valence-corrected chi connectivity index (χ3v) is 10.7. The molecule has 4 aliphatic heterocycles. The Morgan fingerprint density at radius 2 is 1.49 bits per heavy atom. The lowest BCUT2D eigenvalue weighted by Crippen LogP contribution is -2.47. The van der Waals surface area contributed by atoms with Crippen molar-refractivity contribution in [2.45, 2.75) is 95.9 Å². The van der Waals surface area contributed by atoms with Crippen molar-refractivity contribution < 1.29 is 13.9 Å². The highest BCUT2D eigenvalue weighted by Crippen LogP contribution is 2.27. The molecule has 2 unspecified atom stereocenters. The largest absolute Gasteiger partial charge is 0.493 e. The minimum absolute atomic E-state index is 0.0586. The second kappa shape index (κ2) is 19.4. The average molecular weight is 685 g/mol. The zero-order valence-electron chi connectivity index (χ0n) is 30.4. The van der Waals surface area contributed by atoms with E-state index in [9.17, 15) is 9.18 Å². The van der Waals surface area contributed by atoms with Crippen molar-refractivity contribution in [3.05, 3.63) is 30.0 Å². The Bertz CT molecular complexity index is 1260. The molecule has 1 aromatic heterocycles. The Balaban J connectivity index is 0.000000232. The number of alkyl halides is 1. The molecule has 0 aliphatic carbocycles. The lowest BCUT2D eigenvalue weighted by atomic mass is 10.0. The smallest absolute Gasteiger partial charge is 0.267 e. The van der Waals surface area contributed by atoms with E-state index in [2.05, 4.69) is 43.7 Å². The van der Waals surface area contributed by atoms with Crippen LogP contribution >= 0.6 is 0 Å². The second-order valence-electron chi connectivity index (χ2n) is 15.5. The number of likely N-dealkylation sites (tertiary alicyclic amines) is 4. The molecule has 0 bridgehead atoms. The van der Waals surface area contributed by atoms with Crippen LogP contribution < -0.4 is 21.5 Å². The van der Waals surface area contributed by atoms with Gasteiger partial charge >= 0.3 is 0 Å². The summed E-state index contributed by atoms with van der Waals surface area (Å²) in [7, 11) is 0. The van der Waals surface area contributed by atoms with Gasteiger partial charge < -0.3 is 41.2 Å². The van der Waals surface area contributed by atoms with Gasteiger partial charge in [0.1, 0.15) is 17.6 Å². The van der Waals surface area contributed by atoms with E-state index in [-0.39, 0.29) is 11.9 Å². The summed E-state index contributed by atoms with van der Waals surface area (Å²) in [6.07, 6.45) is 9.06. The number of halogens is 1. The van der Waals surface area contributed by atoms with Gasteiger partial charge in [-0.3, -0.25) is 9.69 Å². The van der Waals surface area contributed by atoms with Gasteiger partial charge in [-0.05, 0) is 102 Å². The molecule has 4 aliphatic rings. The van der Waals surface area contributed by atoms with Crippen LogP contribution in [0.3, 0.4) is 0 Å². The van der Waals surface area contributed by atoms with Gasteiger partial charge in [-0.25, -0.2) is 4.39 Å². The van der Waals surface area contributed by atoms with Crippen LogP contribution in [-0.4, -0.2) is 140 Å². The summed E-state index contributed by atoms with van der Waals surface area (Å²) in [4.78, 5) is 25.9. The van der Waals surface area contributed by atoms with Crippen LogP contribution in [0.25, 0.3) is 10.9 Å². The molecule has 4 saturated heterocycles. The highest BCUT2D eigenvalue weighted by atomic mass is 19.1. The average Bonchev–Trinajstić information content (AvgIpc) is 3.43. The monoisotopic (exact) mass is 685 g/mol. The van der Waals surface area contributed by atoms with Crippen LogP contribution in [0.2, 0.25) is 0 Å². The molecule has 49 heavy (non-hydrogen) atoms. The Morgan fingerprint density at radius 3 is 2.18 bits per heavy atom. The van der Waals surface area contributed by atoms with Crippen LogP contribution in [-0.2, 0) is 0 Å². The lowest BCUT2D eigenvalue weighted by Gasteiger charge is -2.35. The minimum atomic E-state index is -0.660. The molecule has 0 spiro atoms. The Kier molecular flexibility index (Phi) is 15.0. The quantitative estimate of drug-likeness (QED) is 0.280. The van der Waals surface area contributed by atoms with Crippen molar-refractivity contribution in [3.8, 4) is 5.75 Å². The summed E-state index contributed by atoms with van der Waals surface area (Å²) in [5.74, 6) is 1.20. The van der Waals surface area contributed by atoms with Gasteiger partial charge in [0, 0.05) is 81.4 Å². The molecule has 2 aromatic rings. The maximum Gasteiger partial charge on any atom is 0.267 e. The normalized spacial score (nSPS) is 24.4. The number of carbonyl (C=O) groups excluding carboxylic acids is 1. The highest BCUT2D eigenvalue weighted by molar-refractivity contribution is 5.99. The summed E-state index contributed by atoms with van der Waals surface area (Å²) < 4.78 is 19.5. The van der Waals surface area contributed by atoms with E-state index >= 15 is 0 Å². The first-order valence-electron chi connectivity index (χ1n) is 19.3. The molecular weight excluding hydrogens is 619 g/mol. The van der Waals surface area contributed by atoms with Crippen molar-refractivity contribution in [2.75, 3.05) is 85.1 Å². The number of benzene rings is 1. The standard InChI is InChI=1S/C25H37FN4O2.C13H28N4/c1-18(2)17-32-24-7-3-6-22-21(24)15-23(28-22)25(31)27-20-8-11-29(12-9-20)13-14-30-10-4-5-19(26)16-30;14-12-4-7-16(8-5-12)9-10-17-6-2-1-3-13(15)11-17/h3,6-7,15,18-20,28H,4-5,8-14,16-17H2,1-2H3,(H,27,31);12-13H,1-11,14-15H2. The predicted octanol–water partition coefficient (Wildman–Crippen LogP) is 4.05. The van der Waals surface area contributed by atoms with Crippen molar-refractivity contribution in [2.24, 2.45) is 17.4 Å². The van der Waals surface area contributed by atoms with Gasteiger partial charge in [0.05, 0.1) is 6.61 Å². The second-order valence-corrected chi connectivity index (χ2v) is 15.5. The zero-order valence-corrected chi connectivity index (χ0v) is 30.4. The summed E-state index contributed by atoms with van der Waals surface area (Å²) in [6.45, 7) is 17.4. The number of nitrogens with one attached hydrogen (secondary N) is 2. The predicted molar refractivity (Wildman–Crippen MR) is 198 cm³/mol. The van der Waals surface area contributed by atoms with Gasteiger partial charge in [0.25, 0.3) is 5.91 Å². The Hall–Kier alpha value is -2.28. The van der Waals surface area contributed by atoms with Gasteiger partial charge in [-0.15, -0.1) is 0 Å². The van der Waals surface area contributed by atoms with Crippen molar-refractivity contribution in [3.63, 3.8) is 0 Å². The van der Waals surface area contributed by atoms with Crippen LogP contribution in [0.15, 0.2) is 24.3 Å². The number of aromatic nitrogens is 1. The van der Waals surface area contributed by atoms with E-state index < -0.39 is 6.17 Å². The number of aromatic amines is 1. The van der Waals surface area contributed by atoms with Crippen LogP contribution in [0.4, 0.5) is 4.39 Å². The molecule has 276 valence electrons. The first kappa shape index (κ1) is 38.0. The summed E-state index contributed by atoms with van der Waals surface area (Å²) in [5, 5.41) is 4.15. The van der Waals surface area contributed by atoms with Gasteiger partial charge in [0.15, 0.2) is 0 Å². The highest BCUT2D eigenvalue weighted by Gasteiger charge is 2.24. The summed E-state index contributed by atoms with van der Waals surface area (Å²) >= 11 is 0. The van der Waals surface area contributed by atoms with Gasteiger partial charge in [-0.2, -0.15) is 0 Å².